The van der Waals surface area contributed by atoms with Crippen molar-refractivity contribution in [3.63, 3.8) is 0 Å². The predicted molar refractivity (Wildman–Crippen MR) is 57.5 cm³/mol. The third-order valence-electron chi connectivity index (χ3n) is 2.62. The summed E-state index contributed by atoms with van der Waals surface area (Å²) in [4.78, 5) is 21.6. The highest BCUT2D eigenvalue weighted by molar-refractivity contribution is 5.93. The van der Waals surface area contributed by atoms with Crippen LogP contribution in [-0.4, -0.2) is 11.6 Å². The molecule has 0 saturated heterocycles. The van der Waals surface area contributed by atoms with E-state index in [-0.39, 0.29) is 5.97 Å². The van der Waals surface area contributed by atoms with Gasteiger partial charge in [0.25, 0.3) is 0 Å². The van der Waals surface area contributed by atoms with Crippen LogP contribution in [0.1, 0.15) is 37.6 Å². The van der Waals surface area contributed by atoms with Crippen molar-refractivity contribution in [1.29, 1.82) is 0 Å². The molecule has 0 unspecified atom stereocenters. The molecule has 16 heavy (non-hydrogen) atoms. The maximum absolute atomic E-state index is 11.9. The maximum Gasteiger partial charge on any atom is 0.342 e. The van der Waals surface area contributed by atoms with Crippen molar-refractivity contribution in [2.75, 3.05) is 0 Å². The fourth-order valence-electron chi connectivity index (χ4n) is 1.26. The summed E-state index contributed by atoms with van der Waals surface area (Å²) >= 11 is 0. The second-order valence-electron chi connectivity index (χ2n) is 4.33. The van der Waals surface area contributed by atoms with Crippen LogP contribution in [0.2, 0.25) is 0 Å². The number of carbonyl (C=O) groups is 1. The Labute approximate surface area is 94.0 Å². The lowest BCUT2D eigenvalue weighted by Crippen LogP contribution is -2.27. The number of ether oxygens (including phenoxy) is 1. The summed E-state index contributed by atoms with van der Waals surface area (Å²) in [5, 5.41) is 0. The van der Waals surface area contributed by atoms with Crippen LogP contribution < -0.4 is 9.78 Å². The molecule has 0 fully saturated rings. The normalized spacial score (nSPS) is 12.9. The lowest BCUT2D eigenvalue weighted by Gasteiger charge is -2.23. The van der Waals surface area contributed by atoms with E-state index in [0.717, 1.165) is 6.42 Å². The average Bonchev–Trinajstić information content (AvgIpc) is 2.60. The van der Waals surface area contributed by atoms with Gasteiger partial charge in [0.15, 0.2) is 11.5 Å². The van der Waals surface area contributed by atoms with Gasteiger partial charge >= 0.3 is 5.97 Å². The van der Waals surface area contributed by atoms with Gasteiger partial charge in [0.2, 0.25) is 0 Å². The summed E-state index contributed by atoms with van der Waals surface area (Å²) in [6.45, 7) is 5.71. The van der Waals surface area contributed by atoms with E-state index in [9.17, 15) is 4.79 Å². The molecular weight excluding hydrogens is 208 g/mol. The smallest absolute Gasteiger partial charge is 0.342 e. The van der Waals surface area contributed by atoms with E-state index in [2.05, 4.69) is 0 Å². The molecule has 1 aromatic rings. The van der Waals surface area contributed by atoms with Crippen LogP contribution in [-0.2, 0) is 4.74 Å². The molecule has 0 saturated carbocycles. The molecular formula is C12H14O4. The van der Waals surface area contributed by atoms with Crippen molar-refractivity contribution in [2.45, 2.75) is 32.8 Å². The minimum absolute atomic E-state index is 0.390. The first kappa shape index (κ1) is 10.8. The summed E-state index contributed by atoms with van der Waals surface area (Å²) in [5.74, 6) is 0.620. The van der Waals surface area contributed by atoms with E-state index in [0.29, 0.717) is 17.1 Å². The van der Waals surface area contributed by atoms with Gasteiger partial charge in [-0.2, -0.15) is 0 Å². The first-order valence-corrected chi connectivity index (χ1v) is 5.24. The fourth-order valence-corrected chi connectivity index (χ4v) is 1.26. The van der Waals surface area contributed by atoms with E-state index in [4.69, 9.17) is 14.5 Å². The standard InChI is InChI=1S/C12H14O4/c1-4-12(2,3)14-11(13)9-6-5-8-7-10(9)16-15-8/h5-7H,4H2,1-3H3. The molecule has 1 aliphatic heterocycles. The van der Waals surface area contributed by atoms with Gasteiger partial charge in [0.05, 0.1) is 0 Å². The SMILES string of the molecule is CCC(C)(C)OC(=O)c1ccc2cc1OO2. The van der Waals surface area contributed by atoms with E-state index in [1.807, 2.05) is 20.8 Å². The number of carbonyl (C=O) groups excluding carboxylic acids is 1. The Bertz CT molecular complexity index is 423. The molecule has 0 atom stereocenters. The van der Waals surface area contributed by atoms with Gasteiger partial charge in [-0.15, -0.1) is 0 Å². The van der Waals surface area contributed by atoms with Crippen molar-refractivity contribution >= 4 is 5.97 Å². The average molecular weight is 222 g/mol. The van der Waals surface area contributed by atoms with Crippen LogP contribution in [0.15, 0.2) is 18.2 Å². The summed E-state index contributed by atoms with van der Waals surface area (Å²) in [7, 11) is 0. The Balaban J connectivity index is 2.18. The number of fused-ring (bicyclic) bond motifs is 2. The van der Waals surface area contributed by atoms with Crippen molar-refractivity contribution in [3.8, 4) is 11.5 Å². The summed E-state index contributed by atoms with van der Waals surface area (Å²) in [5.41, 5.74) is -0.0788. The molecule has 0 amide bonds. The molecule has 0 radical (unpaired) electrons. The zero-order valence-corrected chi connectivity index (χ0v) is 9.57. The Hall–Kier alpha value is -1.71. The van der Waals surface area contributed by atoms with Gasteiger partial charge in [-0.3, -0.25) is 9.78 Å². The van der Waals surface area contributed by atoms with Gasteiger partial charge in [-0.25, -0.2) is 4.79 Å². The molecule has 1 aliphatic rings. The summed E-state index contributed by atoms with van der Waals surface area (Å²) in [6.07, 6.45) is 0.753. The largest absolute Gasteiger partial charge is 0.456 e. The first-order chi connectivity index (χ1) is 7.52. The fraction of sp³-hybridized carbons (Fsp3) is 0.417. The van der Waals surface area contributed by atoms with E-state index in [1.54, 1.807) is 18.2 Å². The number of hydrogen-bond donors (Lipinski definition) is 0. The quantitative estimate of drug-likeness (QED) is 0.582. The van der Waals surface area contributed by atoms with Crippen LogP contribution in [0, 0.1) is 0 Å². The second-order valence-corrected chi connectivity index (χ2v) is 4.33. The summed E-state index contributed by atoms with van der Waals surface area (Å²) in [6, 6.07) is 4.98. The molecule has 0 spiro atoms. The molecule has 86 valence electrons. The van der Waals surface area contributed by atoms with Crippen LogP contribution >= 0.6 is 0 Å². The predicted octanol–water partition coefficient (Wildman–Crippen LogP) is 2.72. The maximum atomic E-state index is 11.9. The van der Waals surface area contributed by atoms with Crippen LogP contribution in [0.4, 0.5) is 0 Å². The van der Waals surface area contributed by atoms with Crippen LogP contribution in [0.5, 0.6) is 11.5 Å². The highest BCUT2D eigenvalue weighted by atomic mass is 17.2. The van der Waals surface area contributed by atoms with Gasteiger partial charge in [-0.05, 0) is 32.4 Å². The zero-order chi connectivity index (χ0) is 11.8. The lowest BCUT2D eigenvalue weighted by atomic mass is 10.1. The van der Waals surface area contributed by atoms with Gasteiger partial charge in [-0.1, -0.05) is 6.92 Å². The third-order valence-corrected chi connectivity index (χ3v) is 2.62. The van der Waals surface area contributed by atoms with Crippen molar-refractivity contribution in [1.82, 2.24) is 0 Å². The van der Waals surface area contributed by atoms with Gasteiger partial charge in [0.1, 0.15) is 11.2 Å². The monoisotopic (exact) mass is 222 g/mol. The molecule has 1 heterocycles. The molecule has 4 heteroatoms. The number of hydrogen-bond acceptors (Lipinski definition) is 4. The third kappa shape index (κ3) is 1.96. The number of benzene rings is 1. The molecule has 4 nitrogen and oxygen atoms in total. The van der Waals surface area contributed by atoms with E-state index in [1.165, 1.54) is 0 Å². The van der Waals surface area contributed by atoms with Crippen molar-refractivity contribution < 1.29 is 19.3 Å². The highest BCUT2D eigenvalue weighted by Crippen LogP contribution is 2.32. The van der Waals surface area contributed by atoms with Gasteiger partial charge in [0, 0.05) is 6.07 Å². The summed E-state index contributed by atoms with van der Waals surface area (Å²) < 4.78 is 5.36. The topological polar surface area (TPSA) is 44.8 Å². The van der Waals surface area contributed by atoms with Gasteiger partial charge < -0.3 is 4.74 Å². The number of rotatable bonds is 3. The zero-order valence-electron chi connectivity index (χ0n) is 9.57. The van der Waals surface area contributed by atoms with E-state index >= 15 is 0 Å². The van der Waals surface area contributed by atoms with E-state index < -0.39 is 5.60 Å². The van der Waals surface area contributed by atoms with Crippen molar-refractivity contribution in [2.24, 2.45) is 0 Å². The Morgan fingerprint density at radius 1 is 1.38 bits per heavy atom. The molecule has 2 bridgehead atoms. The van der Waals surface area contributed by atoms with Crippen LogP contribution in [0.25, 0.3) is 0 Å². The molecule has 0 aromatic heterocycles. The van der Waals surface area contributed by atoms with Crippen molar-refractivity contribution in [3.05, 3.63) is 23.8 Å². The molecule has 1 aromatic carbocycles. The minimum atomic E-state index is -0.470. The Kier molecular flexibility index (Phi) is 2.50. The molecule has 2 rings (SSSR count). The first-order valence-electron chi connectivity index (χ1n) is 5.24. The second kappa shape index (κ2) is 3.70. The van der Waals surface area contributed by atoms with Crippen LogP contribution in [0.3, 0.4) is 0 Å². The Morgan fingerprint density at radius 3 is 2.81 bits per heavy atom. The Morgan fingerprint density at radius 2 is 2.12 bits per heavy atom. The number of esters is 1. The molecule has 0 aliphatic carbocycles. The highest BCUT2D eigenvalue weighted by Gasteiger charge is 2.26. The minimum Gasteiger partial charge on any atom is -0.456 e. The lowest BCUT2D eigenvalue weighted by molar-refractivity contribution is -0.0856. The molecule has 0 N–H and O–H groups in total.